The van der Waals surface area contributed by atoms with E-state index in [-0.39, 0.29) is 23.3 Å². The Morgan fingerprint density at radius 3 is 2.61 bits per heavy atom. The lowest BCUT2D eigenvalue weighted by molar-refractivity contribution is -0.139. The molecule has 0 aliphatic carbocycles. The summed E-state index contributed by atoms with van der Waals surface area (Å²) in [5.41, 5.74) is 0.538. The summed E-state index contributed by atoms with van der Waals surface area (Å²) in [6, 6.07) is 7.04. The van der Waals surface area contributed by atoms with Crippen LogP contribution in [0, 0.1) is 0 Å². The largest absolute Gasteiger partial charge is 0.496 e. The van der Waals surface area contributed by atoms with E-state index in [2.05, 4.69) is 0 Å². The van der Waals surface area contributed by atoms with Gasteiger partial charge in [-0.1, -0.05) is 12.1 Å². The van der Waals surface area contributed by atoms with Crippen molar-refractivity contribution in [2.45, 2.75) is 6.92 Å². The van der Waals surface area contributed by atoms with Crippen molar-refractivity contribution in [2.24, 2.45) is 0 Å². The highest BCUT2D eigenvalue weighted by atomic mass is 32.2. The molecule has 0 aliphatic heterocycles. The zero-order chi connectivity index (χ0) is 13.4. The predicted octanol–water partition coefficient (Wildman–Crippen LogP) is 2.17. The summed E-state index contributed by atoms with van der Waals surface area (Å²) in [4.78, 5) is 23.0. The third-order valence-electron chi connectivity index (χ3n) is 2.17. The summed E-state index contributed by atoms with van der Waals surface area (Å²) in [5, 5.41) is 0. The van der Waals surface area contributed by atoms with Gasteiger partial charge in [0.15, 0.2) is 5.78 Å². The molecule has 0 fully saturated rings. The van der Waals surface area contributed by atoms with Crippen LogP contribution in [-0.4, -0.2) is 37.0 Å². The van der Waals surface area contributed by atoms with Crippen LogP contribution in [0.2, 0.25) is 0 Å². The number of carbonyl (C=O) groups excluding carboxylic acids is 2. The van der Waals surface area contributed by atoms with E-state index in [1.54, 1.807) is 31.2 Å². The molecule has 0 atom stereocenters. The van der Waals surface area contributed by atoms with Crippen molar-refractivity contribution in [3.8, 4) is 5.75 Å². The van der Waals surface area contributed by atoms with E-state index in [0.29, 0.717) is 17.9 Å². The Morgan fingerprint density at radius 2 is 1.94 bits per heavy atom. The number of ketones is 1. The van der Waals surface area contributed by atoms with Crippen LogP contribution in [0.1, 0.15) is 17.3 Å². The third kappa shape index (κ3) is 4.41. The fourth-order valence-corrected chi connectivity index (χ4v) is 2.08. The van der Waals surface area contributed by atoms with Crippen molar-refractivity contribution >= 4 is 23.5 Å². The van der Waals surface area contributed by atoms with Gasteiger partial charge in [-0.05, 0) is 19.1 Å². The monoisotopic (exact) mass is 268 g/mol. The molecule has 0 saturated carbocycles. The van der Waals surface area contributed by atoms with Crippen molar-refractivity contribution in [3.05, 3.63) is 29.8 Å². The van der Waals surface area contributed by atoms with Gasteiger partial charge in [0.2, 0.25) is 0 Å². The highest BCUT2D eigenvalue weighted by Crippen LogP contribution is 2.19. The Morgan fingerprint density at radius 1 is 1.22 bits per heavy atom. The average Bonchev–Trinajstić information content (AvgIpc) is 2.38. The van der Waals surface area contributed by atoms with Gasteiger partial charge in [0.25, 0.3) is 0 Å². The van der Waals surface area contributed by atoms with E-state index >= 15 is 0 Å². The second-order valence-corrected chi connectivity index (χ2v) is 4.41. The summed E-state index contributed by atoms with van der Waals surface area (Å²) in [5.74, 6) is 0.629. The van der Waals surface area contributed by atoms with Crippen LogP contribution in [0.5, 0.6) is 5.75 Å². The first-order valence-electron chi connectivity index (χ1n) is 5.58. The van der Waals surface area contributed by atoms with E-state index in [1.165, 1.54) is 18.9 Å². The Labute approximate surface area is 111 Å². The van der Waals surface area contributed by atoms with Gasteiger partial charge in [-0.3, -0.25) is 9.59 Å². The lowest BCUT2D eigenvalue weighted by Gasteiger charge is -2.06. The number of benzene rings is 1. The summed E-state index contributed by atoms with van der Waals surface area (Å²) in [6.07, 6.45) is 0. The molecule has 0 aromatic heterocycles. The SMILES string of the molecule is CCOC(=O)CSCC(=O)c1ccccc1OC. The first-order chi connectivity index (χ1) is 8.69. The highest BCUT2D eigenvalue weighted by Gasteiger charge is 2.12. The molecule has 0 saturated heterocycles. The zero-order valence-corrected chi connectivity index (χ0v) is 11.3. The maximum absolute atomic E-state index is 11.9. The van der Waals surface area contributed by atoms with Gasteiger partial charge in [-0.15, -0.1) is 11.8 Å². The number of methoxy groups -OCH3 is 1. The lowest BCUT2D eigenvalue weighted by Crippen LogP contribution is -2.10. The van der Waals surface area contributed by atoms with Crippen LogP contribution in [-0.2, 0) is 9.53 Å². The topological polar surface area (TPSA) is 52.6 Å². The minimum absolute atomic E-state index is 0.0539. The van der Waals surface area contributed by atoms with E-state index in [4.69, 9.17) is 9.47 Å². The molecule has 1 rings (SSSR count). The predicted molar refractivity (Wildman–Crippen MR) is 71.3 cm³/mol. The first-order valence-corrected chi connectivity index (χ1v) is 6.74. The van der Waals surface area contributed by atoms with Crippen LogP contribution >= 0.6 is 11.8 Å². The Kier molecular flexibility index (Phi) is 6.28. The van der Waals surface area contributed by atoms with Crippen molar-refractivity contribution < 1.29 is 19.1 Å². The molecule has 1 aromatic rings. The molecule has 0 N–H and O–H groups in total. The van der Waals surface area contributed by atoms with Crippen molar-refractivity contribution in [1.29, 1.82) is 0 Å². The Balaban J connectivity index is 2.48. The van der Waals surface area contributed by atoms with E-state index in [9.17, 15) is 9.59 Å². The Bertz CT molecular complexity index is 417. The number of rotatable bonds is 7. The summed E-state index contributed by atoms with van der Waals surface area (Å²) < 4.78 is 9.89. The molecule has 0 amide bonds. The number of hydrogen-bond acceptors (Lipinski definition) is 5. The van der Waals surface area contributed by atoms with Gasteiger partial charge in [0, 0.05) is 0 Å². The fourth-order valence-electron chi connectivity index (χ4n) is 1.38. The summed E-state index contributed by atoms with van der Waals surface area (Å²) >= 11 is 1.24. The molecule has 0 heterocycles. The molecule has 98 valence electrons. The standard InChI is InChI=1S/C13H16O4S/c1-3-17-13(15)9-18-8-11(14)10-6-4-5-7-12(10)16-2/h4-7H,3,8-9H2,1-2H3. The minimum Gasteiger partial charge on any atom is -0.496 e. The van der Waals surface area contributed by atoms with Gasteiger partial charge in [0.05, 0.1) is 30.8 Å². The van der Waals surface area contributed by atoms with Gasteiger partial charge >= 0.3 is 5.97 Å². The number of esters is 1. The van der Waals surface area contributed by atoms with E-state index in [1.807, 2.05) is 0 Å². The minimum atomic E-state index is -0.296. The second kappa shape index (κ2) is 7.76. The molecule has 0 bridgehead atoms. The molecule has 1 aromatic carbocycles. The van der Waals surface area contributed by atoms with Gasteiger partial charge in [-0.25, -0.2) is 0 Å². The molecule has 0 spiro atoms. The molecule has 0 radical (unpaired) electrons. The van der Waals surface area contributed by atoms with Crippen molar-refractivity contribution in [3.63, 3.8) is 0 Å². The number of para-hydroxylation sites is 1. The molecule has 18 heavy (non-hydrogen) atoms. The summed E-state index contributed by atoms with van der Waals surface area (Å²) in [7, 11) is 1.53. The van der Waals surface area contributed by atoms with Crippen LogP contribution < -0.4 is 4.74 Å². The quantitative estimate of drug-likeness (QED) is 0.560. The van der Waals surface area contributed by atoms with Gasteiger partial charge in [-0.2, -0.15) is 0 Å². The van der Waals surface area contributed by atoms with Gasteiger partial charge < -0.3 is 9.47 Å². The molecular weight excluding hydrogens is 252 g/mol. The van der Waals surface area contributed by atoms with Crippen molar-refractivity contribution in [1.82, 2.24) is 0 Å². The maximum atomic E-state index is 11.9. The number of carbonyl (C=O) groups is 2. The highest BCUT2D eigenvalue weighted by molar-refractivity contribution is 8.00. The van der Waals surface area contributed by atoms with Gasteiger partial charge in [0.1, 0.15) is 5.75 Å². The van der Waals surface area contributed by atoms with E-state index in [0.717, 1.165) is 0 Å². The summed E-state index contributed by atoms with van der Waals surface area (Å²) in [6.45, 7) is 2.11. The third-order valence-corrected chi connectivity index (χ3v) is 3.07. The number of Topliss-reactive ketones (excluding diaryl/α,β-unsaturated/α-hetero) is 1. The maximum Gasteiger partial charge on any atom is 0.315 e. The number of hydrogen-bond donors (Lipinski definition) is 0. The number of ether oxygens (including phenoxy) is 2. The van der Waals surface area contributed by atoms with Crippen LogP contribution in [0.4, 0.5) is 0 Å². The molecule has 0 unspecified atom stereocenters. The van der Waals surface area contributed by atoms with Crippen LogP contribution in [0.3, 0.4) is 0 Å². The number of thioether (sulfide) groups is 1. The smallest absolute Gasteiger partial charge is 0.315 e. The molecule has 0 aliphatic rings. The normalized spacial score (nSPS) is 9.89. The Hall–Kier alpha value is -1.49. The van der Waals surface area contributed by atoms with Crippen LogP contribution in [0.25, 0.3) is 0 Å². The fraction of sp³-hybridized carbons (Fsp3) is 0.385. The first kappa shape index (κ1) is 14.6. The molecule has 5 heteroatoms. The lowest BCUT2D eigenvalue weighted by atomic mass is 10.1. The molecular formula is C13H16O4S. The van der Waals surface area contributed by atoms with Crippen LogP contribution in [0.15, 0.2) is 24.3 Å². The van der Waals surface area contributed by atoms with Crippen molar-refractivity contribution in [2.75, 3.05) is 25.2 Å². The zero-order valence-electron chi connectivity index (χ0n) is 10.5. The van der Waals surface area contributed by atoms with E-state index < -0.39 is 0 Å². The average molecular weight is 268 g/mol. The molecule has 4 nitrogen and oxygen atoms in total. The second-order valence-electron chi connectivity index (χ2n) is 3.42.